The number of hydrogen-bond acceptors (Lipinski definition) is 11. The Balaban J connectivity index is 1.25. The van der Waals surface area contributed by atoms with Gasteiger partial charge in [0.15, 0.2) is 11.9 Å². The van der Waals surface area contributed by atoms with Gasteiger partial charge in [-0.2, -0.15) is 19.0 Å². The lowest BCUT2D eigenvalue weighted by Crippen LogP contribution is -2.55. The second-order valence-electron chi connectivity index (χ2n) is 11.1. The van der Waals surface area contributed by atoms with Crippen molar-refractivity contribution < 1.29 is 33.3 Å². The first kappa shape index (κ1) is 32.1. The lowest BCUT2D eigenvalue weighted by atomic mass is 10.0. The first-order chi connectivity index (χ1) is 22.3. The zero-order valence-corrected chi connectivity index (χ0v) is 26.0. The van der Waals surface area contributed by atoms with Gasteiger partial charge in [0.1, 0.15) is 18.0 Å². The highest BCUT2D eigenvalue weighted by molar-refractivity contribution is 7.98. The van der Waals surface area contributed by atoms with Crippen LogP contribution in [0, 0.1) is 0 Å². The number of amides is 1. The summed E-state index contributed by atoms with van der Waals surface area (Å²) in [6, 6.07) is 6.73. The summed E-state index contributed by atoms with van der Waals surface area (Å²) in [5.41, 5.74) is 1.63. The Bertz CT molecular complexity index is 1650. The molecule has 0 aliphatic carbocycles. The van der Waals surface area contributed by atoms with Crippen LogP contribution in [-0.4, -0.2) is 115 Å². The smallest absolute Gasteiger partial charge is 0.387 e. The molecular weight excluding hydrogens is 622 g/mol. The van der Waals surface area contributed by atoms with E-state index in [2.05, 4.69) is 25.4 Å². The van der Waals surface area contributed by atoms with E-state index in [4.69, 9.17) is 9.47 Å². The Morgan fingerprint density at radius 1 is 1.26 bits per heavy atom. The van der Waals surface area contributed by atoms with Crippen LogP contribution in [0.25, 0.3) is 16.9 Å². The molecule has 2 atom stereocenters. The molecule has 0 spiro atoms. The van der Waals surface area contributed by atoms with Crippen LogP contribution in [0.4, 0.5) is 14.5 Å². The number of alkyl halides is 2. The third kappa shape index (κ3) is 6.95. The van der Waals surface area contributed by atoms with E-state index in [9.17, 15) is 23.8 Å². The molecule has 2 aliphatic heterocycles. The molecule has 2 fully saturated rings. The first-order valence-corrected chi connectivity index (χ1v) is 16.2. The molecule has 2 aliphatic rings. The van der Waals surface area contributed by atoms with Gasteiger partial charge in [-0.05, 0) is 43.4 Å². The number of anilines is 1. The van der Waals surface area contributed by atoms with Crippen LogP contribution in [-0.2, 0) is 16.1 Å². The van der Waals surface area contributed by atoms with Crippen molar-refractivity contribution in [3.05, 3.63) is 54.6 Å². The third-order valence-corrected chi connectivity index (χ3v) is 9.11. The minimum atomic E-state index is -3.07. The normalized spacial score (nSPS) is 18.7. The van der Waals surface area contributed by atoms with Crippen LogP contribution in [0.3, 0.4) is 0 Å². The minimum absolute atomic E-state index is 0.0314. The number of thioether (sulfide) groups is 1. The first-order valence-electron chi connectivity index (χ1n) is 15.0. The quantitative estimate of drug-likeness (QED) is 0.162. The van der Waals surface area contributed by atoms with Gasteiger partial charge in [-0.3, -0.25) is 14.4 Å². The Hall–Kier alpha value is -3.83. The van der Waals surface area contributed by atoms with Crippen molar-refractivity contribution >= 4 is 29.0 Å². The fraction of sp³-hybridized carbons (Fsp3) is 0.467. The molecule has 4 aromatic rings. The zero-order valence-electron chi connectivity index (χ0n) is 25.2. The Kier molecular flexibility index (Phi) is 9.98. The van der Waals surface area contributed by atoms with Crippen LogP contribution in [0.1, 0.15) is 24.6 Å². The fourth-order valence-corrected chi connectivity index (χ4v) is 6.52. The van der Waals surface area contributed by atoms with Crippen molar-refractivity contribution in [3.8, 4) is 17.0 Å². The van der Waals surface area contributed by atoms with E-state index in [1.54, 1.807) is 41.7 Å². The van der Waals surface area contributed by atoms with Crippen molar-refractivity contribution in [1.82, 2.24) is 34.2 Å². The molecule has 3 N–H and O–H groups in total. The minimum Gasteiger partial charge on any atom is -0.434 e. The number of aromatic nitrogens is 5. The summed E-state index contributed by atoms with van der Waals surface area (Å²) in [5, 5.41) is 32.9. The number of benzene rings is 1. The van der Waals surface area contributed by atoms with Gasteiger partial charge in [0.2, 0.25) is 5.91 Å². The molecule has 6 rings (SSSR count). The fourth-order valence-electron chi connectivity index (χ4n) is 6.08. The number of ether oxygens (including phenoxy) is 2. The van der Waals surface area contributed by atoms with Crippen molar-refractivity contribution in [2.45, 2.75) is 49.2 Å². The maximum absolute atomic E-state index is 13.5. The lowest BCUT2D eigenvalue weighted by Gasteiger charge is -2.43. The van der Waals surface area contributed by atoms with Gasteiger partial charge in [0.05, 0.1) is 43.3 Å². The largest absolute Gasteiger partial charge is 0.434 e. The highest BCUT2D eigenvalue weighted by atomic mass is 32.2. The highest BCUT2D eigenvalue weighted by Crippen LogP contribution is 2.38. The molecule has 16 heteroatoms. The van der Waals surface area contributed by atoms with Gasteiger partial charge in [0.25, 0.3) is 0 Å². The van der Waals surface area contributed by atoms with Crippen LogP contribution < -0.4 is 10.1 Å². The summed E-state index contributed by atoms with van der Waals surface area (Å²) in [6.45, 7) is -0.145. The van der Waals surface area contributed by atoms with Crippen LogP contribution in [0.5, 0.6) is 5.75 Å². The molecule has 5 heterocycles. The van der Waals surface area contributed by atoms with Crippen molar-refractivity contribution in [3.63, 3.8) is 0 Å². The van der Waals surface area contributed by atoms with Crippen LogP contribution in [0.2, 0.25) is 0 Å². The maximum atomic E-state index is 13.5. The van der Waals surface area contributed by atoms with E-state index >= 15 is 0 Å². The molecule has 1 aromatic carbocycles. The Labute approximate surface area is 268 Å². The number of fused-ring (bicyclic) bond motifs is 1. The number of nitrogens with one attached hydrogen (secondary N) is 1. The predicted octanol–water partition coefficient (Wildman–Crippen LogP) is 2.70. The van der Waals surface area contributed by atoms with Crippen molar-refractivity contribution in [1.29, 1.82) is 0 Å². The van der Waals surface area contributed by atoms with Gasteiger partial charge < -0.3 is 29.9 Å². The highest BCUT2D eigenvalue weighted by Gasteiger charge is 2.33. The van der Waals surface area contributed by atoms with E-state index in [-0.39, 0.29) is 48.1 Å². The Morgan fingerprint density at radius 2 is 2.09 bits per heavy atom. The number of carbonyl (C=O) groups excluding carboxylic acids is 1. The van der Waals surface area contributed by atoms with E-state index in [1.807, 2.05) is 6.26 Å². The average molecular weight is 659 g/mol. The molecule has 0 saturated carbocycles. The SMILES string of the molecule is CSc1ccc(OC(F)F)c(-c2nn(CC(=O)N3CCC(N4CCOCC4CO)CC3)cc2NC(O)c2cnn3cccnc23)c1. The summed E-state index contributed by atoms with van der Waals surface area (Å²) in [5.74, 6) is -0.236. The number of morpholine rings is 1. The number of likely N-dealkylation sites (tertiary alicyclic amines) is 1. The molecule has 0 bridgehead atoms. The summed E-state index contributed by atoms with van der Waals surface area (Å²) in [6.07, 6.45) is 8.45. The zero-order chi connectivity index (χ0) is 32.2. The van der Waals surface area contributed by atoms with E-state index < -0.39 is 12.8 Å². The number of nitrogens with zero attached hydrogens (tertiary/aromatic N) is 7. The summed E-state index contributed by atoms with van der Waals surface area (Å²) < 4.78 is 40.2. The standard InChI is InChI=1S/C30H36F2N8O5S/c1-46-21-3-4-25(45-30(31)32)22(13-21)27-24(35-29(43)23-14-34-40-8-2-7-33-28(23)40)15-38(36-27)16-26(42)37-9-5-19(6-10-37)39-11-12-44-18-20(39)17-41/h2-4,7-8,13-15,19-20,29-30,35,41,43H,5-6,9-12,16-18H2,1H3. The lowest BCUT2D eigenvalue weighted by molar-refractivity contribution is -0.134. The molecule has 46 heavy (non-hydrogen) atoms. The van der Waals surface area contributed by atoms with E-state index in [0.717, 1.165) is 24.3 Å². The van der Waals surface area contributed by atoms with E-state index in [0.29, 0.717) is 43.2 Å². The van der Waals surface area contributed by atoms with Crippen LogP contribution in [0.15, 0.2) is 53.9 Å². The monoisotopic (exact) mass is 658 g/mol. The van der Waals surface area contributed by atoms with E-state index in [1.165, 1.54) is 33.2 Å². The maximum Gasteiger partial charge on any atom is 0.387 e. The van der Waals surface area contributed by atoms with Gasteiger partial charge in [-0.25, -0.2) is 9.50 Å². The Morgan fingerprint density at radius 3 is 2.85 bits per heavy atom. The molecular formula is C30H36F2N8O5S. The molecule has 13 nitrogen and oxygen atoms in total. The van der Waals surface area contributed by atoms with Gasteiger partial charge in [-0.15, -0.1) is 11.8 Å². The number of aliphatic hydroxyl groups excluding tert-OH is 2. The van der Waals surface area contributed by atoms with Crippen LogP contribution >= 0.6 is 11.8 Å². The van der Waals surface area contributed by atoms with Crippen molar-refractivity contribution in [2.24, 2.45) is 0 Å². The number of halogens is 2. The number of aliphatic hydroxyl groups is 2. The van der Waals surface area contributed by atoms with Crippen molar-refractivity contribution in [2.75, 3.05) is 51.0 Å². The average Bonchev–Trinajstić information content (AvgIpc) is 3.68. The molecule has 1 amide bonds. The predicted molar refractivity (Wildman–Crippen MR) is 166 cm³/mol. The topological polar surface area (TPSA) is 143 Å². The second kappa shape index (κ2) is 14.3. The molecule has 2 unspecified atom stereocenters. The summed E-state index contributed by atoms with van der Waals surface area (Å²) >= 11 is 1.42. The summed E-state index contributed by atoms with van der Waals surface area (Å²) in [4.78, 5) is 22.6. The second-order valence-corrected chi connectivity index (χ2v) is 12.0. The van der Waals surface area contributed by atoms with Gasteiger partial charge >= 0.3 is 6.61 Å². The number of rotatable bonds is 11. The number of piperidine rings is 1. The molecule has 246 valence electrons. The molecule has 3 aromatic heterocycles. The third-order valence-electron chi connectivity index (χ3n) is 8.38. The number of hydrogen-bond donors (Lipinski definition) is 3. The summed E-state index contributed by atoms with van der Waals surface area (Å²) in [7, 11) is 0. The number of carbonyl (C=O) groups is 1. The molecule has 0 radical (unpaired) electrons. The molecule has 2 saturated heterocycles. The van der Waals surface area contributed by atoms with Gasteiger partial charge in [-0.1, -0.05) is 0 Å². The van der Waals surface area contributed by atoms with Gasteiger partial charge in [0, 0.05) is 54.7 Å².